The Morgan fingerprint density at radius 3 is 2.94 bits per heavy atom. The highest BCUT2D eigenvalue weighted by atomic mass is 16.2. The minimum atomic E-state index is -0.0501. The molecule has 3 rings (SSSR count). The Morgan fingerprint density at radius 1 is 1.47 bits per heavy atom. The maximum Gasteiger partial charge on any atom is 0.293 e. The molecule has 1 atom stereocenters. The van der Waals surface area contributed by atoms with Crippen molar-refractivity contribution in [2.75, 3.05) is 20.1 Å². The van der Waals surface area contributed by atoms with E-state index in [-0.39, 0.29) is 5.91 Å². The summed E-state index contributed by atoms with van der Waals surface area (Å²) < 4.78 is 0. The molecule has 2 aliphatic rings. The highest BCUT2D eigenvalue weighted by Crippen LogP contribution is 2.37. The Labute approximate surface area is 99.8 Å². The number of H-pyrrole nitrogens is 1. The number of aromatic amines is 1. The summed E-state index contributed by atoms with van der Waals surface area (Å²) in [6.07, 6.45) is 3.32. The van der Waals surface area contributed by atoms with E-state index in [1.807, 2.05) is 11.9 Å². The summed E-state index contributed by atoms with van der Waals surface area (Å²) >= 11 is 0. The fourth-order valence-corrected chi connectivity index (χ4v) is 2.23. The first-order valence-corrected chi connectivity index (χ1v) is 6.16. The molecule has 1 aromatic heterocycles. The Kier molecular flexibility index (Phi) is 2.58. The number of likely N-dealkylation sites (tertiary alicyclic amines) is 1. The monoisotopic (exact) mass is 235 g/mol. The lowest BCUT2D eigenvalue weighted by molar-refractivity contribution is 0.0778. The lowest BCUT2D eigenvalue weighted by Crippen LogP contribution is -2.34. The molecule has 2 heterocycles. The molecule has 2 fully saturated rings. The Balaban J connectivity index is 1.68. The number of aromatic nitrogens is 3. The molecule has 6 nitrogen and oxygen atoms in total. The second-order valence-corrected chi connectivity index (χ2v) is 4.84. The van der Waals surface area contributed by atoms with Crippen molar-refractivity contribution < 1.29 is 4.79 Å². The number of carbonyl (C=O) groups excluding carboxylic acids is 1. The second kappa shape index (κ2) is 4.10. The van der Waals surface area contributed by atoms with Gasteiger partial charge in [-0.05, 0) is 26.3 Å². The van der Waals surface area contributed by atoms with E-state index in [4.69, 9.17) is 0 Å². The summed E-state index contributed by atoms with van der Waals surface area (Å²) in [6.45, 7) is 1.54. The van der Waals surface area contributed by atoms with Crippen LogP contribution in [0.3, 0.4) is 0 Å². The normalized spacial score (nSPS) is 24.3. The minimum absolute atomic E-state index is 0.0501. The van der Waals surface area contributed by atoms with Crippen molar-refractivity contribution in [1.29, 1.82) is 0 Å². The third kappa shape index (κ3) is 2.04. The van der Waals surface area contributed by atoms with Crippen LogP contribution in [0.2, 0.25) is 0 Å². The highest BCUT2D eigenvalue weighted by molar-refractivity contribution is 5.90. The van der Waals surface area contributed by atoms with Crippen molar-refractivity contribution >= 4 is 5.91 Å². The molecule has 0 aromatic carbocycles. The van der Waals surface area contributed by atoms with Gasteiger partial charge in [0.1, 0.15) is 5.82 Å². The average molecular weight is 235 g/mol. The van der Waals surface area contributed by atoms with Gasteiger partial charge in [0, 0.05) is 25.0 Å². The van der Waals surface area contributed by atoms with Crippen LogP contribution in [0.5, 0.6) is 0 Å². The first kappa shape index (κ1) is 10.7. The van der Waals surface area contributed by atoms with Crippen LogP contribution >= 0.6 is 0 Å². The molecule has 0 bridgehead atoms. The van der Waals surface area contributed by atoms with Gasteiger partial charge in [0.25, 0.3) is 5.91 Å². The molecule has 1 aliphatic carbocycles. The van der Waals surface area contributed by atoms with Crippen molar-refractivity contribution in [2.45, 2.75) is 31.2 Å². The standard InChI is InChI=1S/C11H17N5O/c1-12-8-4-5-16(6-8)11(17)10-13-9(14-15-10)7-2-3-7/h7-8,12H,2-6H2,1H3,(H,13,14,15). The summed E-state index contributed by atoms with van der Waals surface area (Å²) in [5.41, 5.74) is 0. The zero-order valence-electron chi connectivity index (χ0n) is 9.94. The SMILES string of the molecule is CNC1CCN(C(=O)c2n[nH]c(C3CC3)n2)C1. The lowest BCUT2D eigenvalue weighted by atomic mass is 10.3. The van der Waals surface area contributed by atoms with Gasteiger partial charge < -0.3 is 10.2 Å². The fourth-order valence-electron chi connectivity index (χ4n) is 2.23. The summed E-state index contributed by atoms with van der Waals surface area (Å²) in [6, 6.07) is 0.404. The number of nitrogens with one attached hydrogen (secondary N) is 2. The Morgan fingerprint density at radius 2 is 2.29 bits per heavy atom. The number of hydrogen-bond donors (Lipinski definition) is 2. The van der Waals surface area contributed by atoms with Crippen molar-refractivity contribution in [3.05, 3.63) is 11.6 Å². The van der Waals surface area contributed by atoms with Crippen LogP contribution < -0.4 is 5.32 Å². The van der Waals surface area contributed by atoms with Gasteiger partial charge in [-0.25, -0.2) is 4.98 Å². The van der Waals surface area contributed by atoms with Crippen LogP contribution in [-0.2, 0) is 0 Å². The quantitative estimate of drug-likeness (QED) is 0.780. The third-order valence-corrected chi connectivity index (χ3v) is 3.54. The molecule has 0 spiro atoms. The molecular formula is C11H17N5O. The Hall–Kier alpha value is -1.43. The number of amides is 1. The molecule has 1 amide bonds. The zero-order chi connectivity index (χ0) is 11.8. The first-order chi connectivity index (χ1) is 8.28. The number of hydrogen-bond acceptors (Lipinski definition) is 4. The summed E-state index contributed by atoms with van der Waals surface area (Å²) in [7, 11) is 1.93. The van der Waals surface area contributed by atoms with E-state index in [0.717, 1.165) is 38.2 Å². The molecule has 1 saturated carbocycles. The lowest BCUT2D eigenvalue weighted by Gasteiger charge is -2.13. The van der Waals surface area contributed by atoms with E-state index >= 15 is 0 Å². The number of likely N-dealkylation sites (N-methyl/N-ethyl adjacent to an activating group) is 1. The Bertz CT molecular complexity index is 425. The largest absolute Gasteiger partial charge is 0.334 e. The van der Waals surface area contributed by atoms with E-state index in [2.05, 4.69) is 20.5 Å². The van der Waals surface area contributed by atoms with E-state index in [9.17, 15) is 4.79 Å². The molecular weight excluding hydrogens is 218 g/mol. The van der Waals surface area contributed by atoms with Gasteiger partial charge in [-0.15, -0.1) is 5.10 Å². The van der Waals surface area contributed by atoms with E-state index in [0.29, 0.717) is 17.8 Å². The smallest absolute Gasteiger partial charge is 0.293 e. The van der Waals surface area contributed by atoms with Crippen LogP contribution in [0.25, 0.3) is 0 Å². The fraction of sp³-hybridized carbons (Fsp3) is 0.727. The predicted molar refractivity (Wildman–Crippen MR) is 61.7 cm³/mol. The molecule has 92 valence electrons. The van der Waals surface area contributed by atoms with Gasteiger partial charge in [-0.1, -0.05) is 0 Å². The number of rotatable bonds is 3. The highest BCUT2D eigenvalue weighted by Gasteiger charge is 2.31. The first-order valence-electron chi connectivity index (χ1n) is 6.16. The van der Waals surface area contributed by atoms with Crippen LogP contribution in [0.1, 0.15) is 41.6 Å². The third-order valence-electron chi connectivity index (χ3n) is 3.54. The van der Waals surface area contributed by atoms with E-state index < -0.39 is 0 Å². The molecule has 6 heteroatoms. The maximum absolute atomic E-state index is 12.1. The van der Waals surface area contributed by atoms with Crippen LogP contribution in [-0.4, -0.2) is 52.2 Å². The topological polar surface area (TPSA) is 73.9 Å². The van der Waals surface area contributed by atoms with Gasteiger partial charge in [-0.3, -0.25) is 9.89 Å². The molecule has 1 unspecified atom stereocenters. The predicted octanol–water partition coefficient (Wildman–Crippen LogP) is 0.116. The molecule has 1 aliphatic heterocycles. The summed E-state index contributed by atoms with van der Waals surface area (Å²) in [5, 5.41) is 10.1. The van der Waals surface area contributed by atoms with Gasteiger partial charge >= 0.3 is 0 Å². The minimum Gasteiger partial charge on any atom is -0.334 e. The number of carbonyl (C=O) groups is 1. The van der Waals surface area contributed by atoms with Crippen molar-refractivity contribution in [3.8, 4) is 0 Å². The molecule has 0 radical (unpaired) electrons. The van der Waals surface area contributed by atoms with Crippen LogP contribution in [0, 0.1) is 0 Å². The summed E-state index contributed by atoms with van der Waals surface area (Å²) in [4.78, 5) is 18.2. The van der Waals surface area contributed by atoms with Gasteiger partial charge in [-0.2, -0.15) is 0 Å². The summed E-state index contributed by atoms with van der Waals surface area (Å²) in [5.74, 6) is 1.65. The van der Waals surface area contributed by atoms with E-state index in [1.54, 1.807) is 0 Å². The maximum atomic E-state index is 12.1. The van der Waals surface area contributed by atoms with Crippen molar-refractivity contribution in [3.63, 3.8) is 0 Å². The average Bonchev–Trinajstić information content (AvgIpc) is 2.93. The van der Waals surface area contributed by atoms with Gasteiger partial charge in [0.05, 0.1) is 0 Å². The molecule has 2 N–H and O–H groups in total. The van der Waals surface area contributed by atoms with Crippen LogP contribution in [0.15, 0.2) is 0 Å². The van der Waals surface area contributed by atoms with Crippen molar-refractivity contribution in [2.24, 2.45) is 0 Å². The van der Waals surface area contributed by atoms with Gasteiger partial charge in [0.15, 0.2) is 0 Å². The number of nitrogens with zero attached hydrogens (tertiary/aromatic N) is 3. The molecule has 1 saturated heterocycles. The zero-order valence-corrected chi connectivity index (χ0v) is 9.94. The van der Waals surface area contributed by atoms with E-state index in [1.165, 1.54) is 0 Å². The van der Waals surface area contributed by atoms with Crippen LogP contribution in [0.4, 0.5) is 0 Å². The molecule has 17 heavy (non-hydrogen) atoms. The second-order valence-electron chi connectivity index (χ2n) is 4.84. The van der Waals surface area contributed by atoms with Crippen molar-refractivity contribution in [1.82, 2.24) is 25.4 Å². The van der Waals surface area contributed by atoms with Gasteiger partial charge in [0.2, 0.25) is 5.82 Å². The molecule has 1 aromatic rings.